The number of carboxylic acid groups (broad SMARTS) is 1. The number of amides is 2. The number of β-lactam (4-membered cyclic amide) rings is 1. The zero-order valence-electron chi connectivity index (χ0n) is 15.1. The summed E-state index contributed by atoms with van der Waals surface area (Å²) < 4.78 is 1.78. The summed E-state index contributed by atoms with van der Waals surface area (Å²) in [5.74, 6) is -0.964. The summed E-state index contributed by atoms with van der Waals surface area (Å²) in [4.78, 5) is 44.3. The molecule has 2 aliphatic rings. The first-order chi connectivity index (χ1) is 13.4. The number of aromatic nitrogens is 2. The molecule has 2 aromatic heterocycles. The maximum absolute atomic E-state index is 12.9. The molecule has 0 bridgehead atoms. The summed E-state index contributed by atoms with van der Waals surface area (Å²) in [5, 5.41) is 12.3. The first-order valence-corrected chi connectivity index (χ1v) is 10.6. The quantitative estimate of drug-likeness (QED) is 0.570. The number of carboxylic acids is 1. The molecule has 10 heteroatoms. The van der Waals surface area contributed by atoms with Crippen molar-refractivity contribution in [2.45, 2.75) is 24.9 Å². The van der Waals surface area contributed by atoms with Gasteiger partial charge in [0.2, 0.25) is 11.8 Å². The normalized spacial score (nSPS) is 26.3. The second kappa shape index (κ2) is 7.17. The van der Waals surface area contributed by atoms with Gasteiger partial charge in [0, 0.05) is 19.2 Å². The van der Waals surface area contributed by atoms with Gasteiger partial charge in [-0.05, 0) is 17.5 Å². The van der Waals surface area contributed by atoms with Crippen LogP contribution in [0.4, 0.5) is 5.00 Å². The van der Waals surface area contributed by atoms with Crippen LogP contribution in [0.5, 0.6) is 0 Å². The van der Waals surface area contributed by atoms with Gasteiger partial charge in [-0.15, -0.1) is 23.1 Å². The van der Waals surface area contributed by atoms with Gasteiger partial charge in [-0.1, -0.05) is 0 Å². The topological polar surface area (TPSA) is 94.7 Å². The zero-order chi connectivity index (χ0) is 19.9. The fourth-order valence-corrected chi connectivity index (χ4v) is 6.08. The highest BCUT2D eigenvalue weighted by Crippen LogP contribution is 2.45. The van der Waals surface area contributed by atoms with Gasteiger partial charge >= 0.3 is 5.97 Å². The van der Waals surface area contributed by atoms with Crippen molar-refractivity contribution in [1.82, 2.24) is 9.88 Å². The number of anilines is 1. The van der Waals surface area contributed by atoms with E-state index in [9.17, 15) is 19.5 Å². The van der Waals surface area contributed by atoms with Crippen LogP contribution in [-0.2, 0) is 20.9 Å². The molecular formula is C18H19N4O4S2+. The molecule has 28 heavy (non-hydrogen) atoms. The van der Waals surface area contributed by atoms with Gasteiger partial charge in [-0.2, -0.15) is 0 Å². The van der Waals surface area contributed by atoms with E-state index in [1.165, 1.54) is 34.9 Å². The zero-order valence-corrected chi connectivity index (χ0v) is 16.7. The van der Waals surface area contributed by atoms with Gasteiger partial charge < -0.3 is 10.0 Å². The van der Waals surface area contributed by atoms with E-state index in [0.717, 1.165) is 5.00 Å². The van der Waals surface area contributed by atoms with Gasteiger partial charge in [0.05, 0.1) is 17.4 Å². The minimum absolute atomic E-state index is 0.126. The lowest BCUT2D eigenvalue weighted by molar-refractivity contribution is -0.707. The molecule has 1 N–H and O–H groups in total. The highest BCUT2D eigenvalue weighted by atomic mass is 32.2. The second-order valence-corrected chi connectivity index (χ2v) is 8.99. The molecule has 0 aliphatic carbocycles. The lowest BCUT2D eigenvalue weighted by atomic mass is 9.86. The fraction of sp³-hybridized carbons (Fsp3) is 0.389. The number of carbonyl (C=O) groups excluding carboxylic acids is 2. The molecule has 8 nitrogen and oxygen atoms in total. The number of hydrogen-bond acceptors (Lipinski definition) is 6. The van der Waals surface area contributed by atoms with Crippen LogP contribution in [0.15, 0.2) is 42.3 Å². The number of thioether (sulfide) groups is 1. The van der Waals surface area contributed by atoms with Crippen molar-refractivity contribution < 1.29 is 24.1 Å². The number of thiophene rings is 1. The first kappa shape index (κ1) is 18.9. The van der Waals surface area contributed by atoms with E-state index in [4.69, 9.17) is 0 Å². The van der Waals surface area contributed by atoms with Crippen molar-refractivity contribution in [3.8, 4) is 0 Å². The summed E-state index contributed by atoms with van der Waals surface area (Å²) in [7, 11) is 0. The van der Waals surface area contributed by atoms with Gasteiger partial charge in [0.25, 0.3) is 0 Å². The van der Waals surface area contributed by atoms with E-state index < -0.39 is 17.4 Å². The Bertz CT molecular complexity index is 908. The van der Waals surface area contributed by atoms with Crippen molar-refractivity contribution in [2.24, 2.45) is 5.41 Å². The van der Waals surface area contributed by atoms with Crippen LogP contribution in [0.25, 0.3) is 0 Å². The molecule has 4 rings (SSSR count). The predicted octanol–water partition coefficient (Wildman–Crippen LogP) is 0.838. The number of fused-ring (bicyclic) bond motifs is 1. The third-order valence-corrected chi connectivity index (χ3v) is 7.55. The SMILES string of the molecule is CC(=O)N(c1cccs1)C1C(=O)N2CC(C[n+]3ccncc3)(C(=O)O)CS[C@H]12. The molecule has 2 amide bonds. The van der Waals surface area contributed by atoms with Crippen LogP contribution < -0.4 is 9.47 Å². The molecule has 2 unspecified atom stereocenters. The first-order valence-electron chi connectivity index (χ1n) is 8.71. The molecule has 2 fully saturated rings. The van der Waals surface area contributed by atoms with E-state index in [2.05, 4.69) is 4.98 Å². The van der Waals surface area contributed by atoms with Crippen LogP contribution in [0.1, 0.15) is 6.92 Å². The van der Waals surface area contributed by atoms with Gasteiger partial charge in [0.15, 0.2) is 24.4 Å². The van der Waals surface area contributed by atoms with Crippen molar-refractivity contribution in [2.75, 3.05) is 17.2 Å². The molecule has 0 saturated carbocycles. The summed E-state index contributed by atoms with van der Waals surface area (Å²) in [6, 6.07) is 3.07. The standard InChI is InChI=1S/C18H18N4O4S2/c1-12(23)22(13-3-2-8-27-13)14-15(24)21-10-18(17(25)26,11-28-16(14)21)9-20-6-4-19-5-7-20/h2-8,14,16H,9-11H2,1H3/p+1/t14?,16-,18?/m1/s1. The number of hydrogen-bond donors (Lipinski definition) is 1. The summed E-state index contributed by atoms with van der Waals surface area (Å²) in [5.41, 5.74) is -1.09. The van der Waals surface area contributed by atoms with E-state index in [1.807, 2.05) is 17.5 Å². The van der Waals surface area contributed by atoms with Crippen LogP contribution in [0.2, 0.25) is 0 Å². The van der Waals surface area contributed by atoms with Crippen molar-refractivity contribution in [3.63, 3.8) is 0 Å². The number of rotatable bonds is 5. The highest BCUT2D eigenvalue weighted by Gasteiger charge is 2.60. The van der Waals surface area contributed by atoms with E-state index >= 15 is 0 Å². The smallest absolute Gasteiger partial charge is 0.318 e. The van der Waals surface area contributed by atoms with Crippen LogP contribution in [-0.4, -0.2) is 56.5 Å². The molecular weight excluding hydrogens is 400 g/mol. The van der Waals surface area contributed by atoms with Gasteiger partial charge in [-0.3, -0.25) is 24.3 Å². The molecule has 2 saturated heterocycles. The molecule has 2 aliphatic heterocycles. The average molecular weight is 420 g/mol. The van der Waals surface area contributed by atoms with Crippen LogP contribution >= 0.6 is 23.1 Å². The number of nitrogens with zero attached hydrogens (tertiary/aromatic N) is 4. The predicted molar refractivity (Wildman–Crippen MR) is 104 cm³/mol. The van der Waals surface area contributed by atoms with E-state index in [0.29, 0.717) is 5.75 Å². The van der Waals surface area contributed by atoms with E-state index in [-0.39, 0.29) is 30.3 Å². The van der Waals surface area contributed by atoms with Crippen LogP contribution in [0, 0.1) is 5.41 Å². The van der Waals surface area contributed by atoms with Crippen molar-refractivity contribution in [1.29, 1.82) is 0 Å². The lowest BCUT2D eigenvalue weighted by Gasteiger charge is -2.55. The fourth-order valence-electron chi connectivity index (χ4n) is 3.70. The van der Waals surface area contributed by atoms with Crippen molar-refractivity contribution in [3.05, 3.63) is 42.3 Å². The Morgan fingerprint density at radius 3 is 2.79 bits per heavy atom. The molecule has 0 spiro atoms. The molecule has 3 atom stereocenters. The Hall–Kier alpha value is -2.46. The Morgan fingerprint density at radius 2 is 2.18 bits per heavy atom. The Morgan fingerprint density at radius 1 is 1.43 bits per heavy atom. The summed E-state index contributed by atoms with van der Waals surface area (Å²) >= 11 is 2.83. The second-order valence-electron chi connectivity index (χ2n) is 6.96. The maximum atomic E-state index is 12.9. The third-order valence-electron chi connectivity index (χ3n) is 5.11. The minimum Gasteiger partial charge on any atom is -0.481 e. The van der Waals surface area contributed by atoms with Gasteiger partial charge in [0.1, 0.15) is 11.4 Å². The maximum Gasteiger partial charge on any atom is 0.318 e. The molecule has 146 valence electrons. The summed E-state index contributed by atoms with van der Waals surface area (Å²) in [6.07, 6.45) is 6.64. The highest BCUT2D eigenvalue weighted by molar-refractivity contribution is 8.00. The lowest BCUT2D eigenvalue weighted by Crippen LogP contribution is -2.75. The molecule has 2 aromatic rings. The van der Waals surface area contributed by atoms with E-state index in [1.54, 1.807) is 34.3 Å². The summed E-state index contributed by atoms with van der Waals surface area (Å²) in [6.45, 7) is 1.83. The number of carbonyl (C=O) groups is 3. The Balaban J connectivity index is 1.56. The third kappa shape index (κ3) is 3.06. The molecule has 0 radical (unpaired) electrons. The van der Waals surface area contributed by atoms with Crippen molar-refractivity contribution >= 4 is 45.9 Å². The Labute approximate surface area is 169 Å². The molecule has 0 aromatic carbocycles. The average Bonchev–Trinajstić information content (AvgIpc) is 3.20. The Kier molecular flexibility index (Phi) is 4.84. The minimum atomic E-state index is -1.09. The molecule has 4 heterocycles. The van der Waals surface area contributed by atoms with Gasteiger partial charge in [-0.25, -0.2) is 4.57 Å². The monoisotopic (exact) mass is 419 g/mol. The largest absolute Gasteiger partial charge is 0.481 e. The van der Waals surface area contributed by atoms with Crippen LogP contribution in [0.3, 0.4) is 0 Å². The number of aliphatic carboxylic acids is 1.